The van der Waals surface area contributed by atoms with E-state index in [-0.39, 0.29) is 18.6 Å². The summed E-state index contributed by atoms with van der Waals surface area (Å²) >= 11 is 0. The predicted octanol–water partition coefficient (Wildman–Crippen LogP) is 1.04. The molecule has 5 nitrogen and oxygen atoms in total. The van der Waals surface area contributed by atoms with Crippen molar-refractivity contribution < 1.29 is 14.3 Å². The Balaban J connectivity index is 1.40. The number of rotatable bonds is 6. The van der Waals surface area contributed by atoms with Gasteiger partial charge in [0.25, 0.3) is 0 Å². The fourth-order valence-electron chi connectivity index (χ4n) is 3.07. The summed E-state index contributed by atoms with van der Waals surface area (Å²) in [7, 11) is 0. The molecule has 1 amide bonds. The number of benzene rings is 1. The van der Waals surface area contributed by atoms with Gasteiger partial charge in [-0.2, -0.15) is 0 Å². The van der Waals surface area contributed by atoms with Gasteiger partial charge in [0.1, 0.15) is 6.61 Å². The Kier molecular flexibility index (Phi) is 5.43. The number of hydrogen-bond donors (Lipinski definition) is 2. The molecule has 0 aliphatic carbocycles. The third kappa shape index (κ3) is 4.06. The van der Waals surface area contributed by atoms with Gasteiger partial charge in [-0.25, -0.2) is 0 Å². The van der Waals surface area contributed by atoms with Crippen molar-refractivity contribution in [1.29, 1.82) is 0 Å². The molecule has 0 radical (unpaired) electrons. The van der Waals surface area contributed by atoms with Crippen molar-refractivity contribution in [3.8, 4) is 0 Å². The van der Waals surface area contributed by atoms with E-state index in [1.54, 1.807) is 0 Å². The van der Waals surface area contributed by atoms with Crippen molar-refractivity contribution >= 4 is 5.91 Å². The van der Waals surface area contributed by atoms with Crippen LogP contribution in [0, 0.1) is 5.92 Å². The van der Waals surface area contributed by atoms with Crippen LogP contribution < -0.4 is 10.6 Å². The molecular weight excluding hydrogens is 280 g/mol. The second-order valence-corrected chi connectivity index (χ2v) is 6.00. The molecular formula is C17H24N2O3. The number of hydrogen-bond acceptors (Lipinski definition) is 4. The lowest BCUT2D eigenvalue weighted by Crippen LogP contribution is -2.40. The second kappa shape index (κ2) is 7.72. The molecule has 2 aliphatic rings. The first kappa shape index (κ1) is 15.5. The Labute approximate surface area is 131 Å². The molecule has 22 heavy (non-hydrogen) atoms. The molecule has 0 saturated carbocycles. The van der Waals surface area contributed by atoms with Crippen LogP contribution in [0.1, 0.15) is 23.6 Å². The van der Waals surface area contributed by atoms with Crippen LogP contribution in [0.25, 0.3) is 0 Å². The lowest BCUT2D eigenvalue weighted by Gasteiger charge is -2.27. The van der Waals surface area contributed by atoms with Crippen molar-refractivity contribution in [3.05, 3.63) is 35.4 Å². The summed E-state index contributed by atoms with van der Waals surface area (Å²) in [6, 6.07) is 8.61. The molecule has 1 aromatic carbocycles. The van der Waals surface area contributed by atoms with Crippen LogP contribution in [0.15, 0.2) is 24.3 Å². The molecule has 5 heteroatoms. The smallest absolute Gasteiger partial charge is 0.246 e. The van der Waals surface area contributed by atoms with E-state index < -0.39 is 0 Å². The van der Waals surface area contributed by atoms with Gasteiger partial charge in [-0.1, -0.05) is 24.3 Å². The van der Waals surface area contributed by atoms with E-state index in [4.69, 9.17) is 9.47 Å². The van der Waals surface area contributed by atoms with Crippen LogP contribution in [0.2, 0.25) is 0 Å². The minimum atomic E-state index is -0.0521. The number of amides is 1. The standard InChI is InChI=1S/C17H24N2O3/c20-17(12-22-11-13-6-8-21-10-13)19-9-16-15-4-2-1-3-14(15)5-7-18-16/h1-4,13,16,18H,5-12H2,(H,19,20). The maximum absolute atomic E-state index is 11.9. The summed E-state index contributed by atoms with van der Waals surface area (Å²) in [6.07, 6.45) is 2.08. The van der Waals surface area contributed by atoms with Crippen LogP contribution >= 0.6 is 0 Å². The van der Waals surface area contributed by atoms with Gasteiger partial charge in [0.05, 0.1) is 13.2 Å². The highest BCUT2D eigenvalue weighted by atomic mass is 16.5. The van der Waals surface area contributed by atoms with Gasteiger partial charge >= 0.3 is 0 Å². The van der Waals surface area contributed by atoms with Crippen LogP contribution in [0.5, 0.6) is 0 Å². The highest BCUT2D eigenvalue weighted by Crippen LogP contribution is 2.21. The fourth-order valence-corrected chi connectivity index (χ4v) is 3.07. The number of fused-ring (bicyclic) bond motifs is 1. The monoisotopic (exact) mass is 304 g/mol. The number of carbonyl (C=O) groups excluding carboxylic acids is 1. The van der Waals surface area contributed by atoms with Crippen LogP contribution in [-0.2, 0) is 20.7 Å². The van der Waals surface area contributed by atoms with Gasteiger partial charge in [0.2, 0.25) is 5.91 Å². The summed E-state index contributed by atoms with van der Waals surface area (Å²) in [5.74, 6) is 0.392. The molecule has 0 bridgehead atoms. The minimum absolute atomic E-state index is 0.0521. The summed E-state index contributed by atoms with van der Waals surface area (Å²) in [5.41, 5.74) is 2.66. The third-order valence-electron chi connectivity index (χ3n) is 4.33. The fraction of sp³-hybridized carbons (Fsp3) is 0.588. The molecule has 1 fully saturated rings. The zero-order valence-corrected chi connectivity index (χ0v) is 12.8. The van der Waals surface area contributed by atoms with Gasteiger partial charge < -0.3 is 20.1 Å². The molecule has 2 aliphatic heterocycles. The SMILES string of the molecule is O=C(COCC1CCOC1)NCC1NCCc2ccccc21. The van der Waals surface area contributed by atoms with Gasteiger partial charge in [0, 0.05) is 25.1 Å². The molecule has 120 valence electrons. The number of ether oxygens (including phenoxy) is 2. The van der Waals surface area contributed by atoms with E-state index in [1.165, 1.54) is 11.1 Å². The molecule has 2 N–H and O–H groups in total. The van der Waals surface area contributed by atoms with Gasteiger partial charge in [0.15, 0.2) is 0 Å². The van der Waals surface area contributed by atoms with Crippen LogP contribution in [0.3, 0.4) is 0 Å². The maximum Gasteiger partial charge on any atom is 0.246 e. The summed E-state index contributed by atoms with van der Waals surface area (Å²) < 4.78 is 10.8. The average Bonchev–Trinajstić information content (AvgIpc) is 3.06. The molecule has 0 spiro atoms. The maximum atomic E-state index is 11.9. The third-order valence-corrected chi connectivity index (χ3v) is 4.33. The highest BCUT2D eigenvalue weighted by Gasteiger charge is 2.20. The minimum Gasteiger partial charge on any atom is -0.381 e. The summed E-state index contributed by atoms with van der Waals surface area (Å²) in [6.45, 7) is 3.86. The van der Waals surface area contributed by atoms with E-state index in [1.807, 2.05) is 6.07 Å². The quantitative estimate of drug-likeness (QED) is 0.824. The number of carbonyl (C=O) groups is 1. The van der Waals surface area contributed by atoms with Crippen molar-refractivity contribution in [1.82, 2.24) is 10.6 Å². The molecule has 3 rings (SSSR count). The lowest BCUT2D eigenvalue weighted by atomic mass is 9.94. The number of nitrogens with one attached hydrogen (secondary N) is 2. The lowest BCUT2D eigenvalue weighted by molar-refractivity contribution is -0.126. The van der Waals surface area contributed by atoms with E-state index in [2.05, 4.69) is 28.8 Å². The van der Waals surface area contributed by atoms with E-state index in [9.17, 15) is 4.79 Å². The molecule has 0 aromatic heterocycles. The van der Waals surface area contributed by atoms with Gasteiger partial charge in [-0.05, 0) is 30.5 Å². The van der Waals surface area contributed by atoms with E-state index in [0.29, 0.717) is 19.1 Å². The Hall–Kier alpha value is -1.43. The topological polar surface area (TPSA) is 59.6 Å². The Morgan fingerprint density at radius 3 is 3.18 bits per heavy atom. The highest BCUT2D eigenvalue weighted by molar-refractivity contribution is 5.77. The first-order chi connectivity index (χ1) is 10.8. The Morgan fingerprint density at radius 2 is 2.32 bits per heavy atom. The second-order valence-electron chi connectivity index (χ2n) is 6.00. The van der Waals surface area contributed by atoms with Crippen LogP contribution in [0.4, 0.5) is 0 Å². The summed E-state index contributed by atoms with van der Waals surface area (Å²) in [5, 5.41) is 6.42. The zero-order chi connectivity index (χ0) is 15.2. The van der Waals surface area contributed by atoms with E-state index >= 15 is 0 Å². The van der Waals surface area contributed by atoms with Crippen molar-refractivity contribution in [2.24, 2.45) is 5.92 Å². The van der Waals surface area contributed by atoms with Crippen molar-refractivity contribution in [3.63, 3.8) is 0 Å². The first-order valence-corrected chi connectivity index (χ1v) is 8.06. The van der Waals surface area contributed by atoms with Crippen LogP contribution in [-0.4, -0.2) is 45.4 Å². The first-order valence-electron chi connectivity index (χ1n) is 8.06. The molecule has 2 heterocycles. The predicted molar refractivity (Wildman–Crippen MR) is 83.6 cm³/mol. The van der Waals surface area contributed by atoms with Gasteiger partial charge in [-0.3, -0.25) is 4.79 Å². The van der Waals surface area contributed by atoms with Gasteiger partial charge in [-0.15, -0.1) is 0 Å². The summed E-state index contributed by atoms with van der Waals surface area (Å²) in [4.78, 5) is 11.9. The Morgan fingerprint density at radius 1 is 1.41 bits per heavy atom. The normalized spacial score (nSPS) is 24.0. The van der Waals surface area contributed by atoms with E-state index in [0.717, 1.165) is 32.6 Å². The average molecular weight is 304 g/mol. The largest absolute Gasteiger partial charge is 0.381 e. The molecule has 1 aromatic rings. The Bertz CT molecular complexity index is 500. The molecule has 2 atom stereocenters. The molecule has 2 unspecified atom stereocenters. The van der Waals surface area contributed by atoms with Crippen molar-refractivity contribution in [2.45, 2.75) is 18.9 Å². The molecule has 1 saturated heterocycles. The zero-order valence-electron chi connectivity index (χ0n) is 12.8. The van der Waals surface area contributed by atoms with Crippen molar-refractivity contribution in [2.75, 3.05) is 39.5 Å².